The number of morpholine rings is 1. The monoisotopic (exact) mass is 349 g/mol. The van der Waals surface area contributed by atoms with Gasteiger partial charge < -0.3 is 15.0 Å². The number of halogens is 2. The minimum atomic E-state index is -0.459. The van der Waals surface area contributed by atoms with Crippen LogP contribution < -0.4 is 5.32 Å². The summed E-state index contributed by atoms with van der Waals surface area (Å²) < 4.78 is 19.1. The van der Waals surface area contributed by atoms with Crippen molar-refractivity contribution in [1.29, 1.82) is 0 Å². The first kappa shape index (κ1) is 16.7. The number of nitrogens with zero attached hydrogens (tertiary/aromatic N) is 2. The minimum absolute atomic E-state index is 0.110. The lowest BCUT2D eigenvalue weighted by atomic mass is 10.0. The molecule has 1 amide bonds. The van der Waals surface area contributed by atoms with E-state index in [4.69, 9.17) is 16.3 Å². The molecule has 1 aromatic heterocycles. The zero-order valence-corrected chi connectivity index (χ0v) is 13.6. The van der Waals surface area contributed by atoms with E-state index in [0.717, 1.165) is 11.3 Å². The minimum Gasteiger partial charge on any atom is -0.368 e. The van der Waals surface area contributed by atoms with Crippen molar-refractivity contribution >= 4 is 23.2 Å². The average Bonchev–Trinajstić information content (AvgIpc) is 2.63. The van der Waals surface area contributed by atoms with Crippen molar-refractivity contribution in [3.8, 4) is 0 Å². The number of hydrogen-bond donors (Lipinski definition) is 1. The van der Waals surface area contributed by atoms with Crippen LogP contribution in [-0.4, -0.2) is 41.0 Å². The molecule has 0 unspecified atom stereocenters. The highest BCUT2D eigenvalue weighted by molar-refractivity contribution is 6.27. The van der Waals surface area contributed by atoms with Crippen LogP contribution in [0, 0.1) is 5.82 Å². The summed E-state index contributed by atoms with van der Waals surface area (Å²) in [5.41, 5.74) is 1.54. The van der Waals surface area contributed by atoms with Gasteiger partial charge in [-0.1, -0.05) is 12.1 Å². The van der Waals surface area contributed by atoms with Gasteiger partial charge in [0, 0.05) is 18.9 Å². The van der Waals surface area contributed by atoms with Crippen LogP contribution in [0.15, 0.2) is 48.8 Å². The van der Waals surface area contributed by atoms with Crippen molar-refractivity contribution in [2.24, 2.45) is 0 Å². The number of amides is 1. The summed E-state index contributed by atoms with van der Waals surface area (Å²) in [6.45, 7) is 0.817. The molecule has 126 valence electrons. The maximum Gasteiger partial charge on any atom is 0.239 e. The molecule has 2 aromatic rings. The van der Waals surface area contributed by atoms with Crippen molar-refractivity contribution in [1.82, 2.24) is 9.88 Å². The molecular weight excluding hydrogens is 333 g/mol. The zero-order chi connectivity index (χ0) is 16.9. The summed E-state index contributed by atoms with van der Waals surface area (Å²) in [6.07, 6.45) is 2.44. The predicted octanol–water partition coefficient (Wildman–Crippen LogP) is 2.80. The fourth-order valence-corrected chi connectivity index (χ4v) is 2.89. The lowest BCUT2D eigenvalue weighted by molar-refractivity contribution is -0.142. The Kier molecular flexibility index (Phi) is 5.27. The molecule has 24 heavy (non-hydrogen) atoms. The molecule has 1 aliphatic rings. The molecular formula is C17H17ClFN3O2. The van der Waals surface area contributed by atoms with Gasteiger partial charge in [0.1, 0.15) is 24.0 Å². The Morgan fingerprint density at radius 2 is 2.17 bits per heavy atom. The largest absolute Gasteiger partial charge is 0.368 e. The normalized spacial score (nSPS) is 20.7. The van der Waals surface area contributed by atoms with E-state index < -0.39 is 12.3 Å². The molecule has 0 spiro atoms. The second-order valence-electron chi connectivity index (χ2n) is 5.39. The highest BCUT2D eigenvalue weighted by atomic mass is 35.5. The molecule has 0 aliphatic carbocycles. The molecule has 1 N–H and O–H groups in total. The van der Waals surface area contributed by atoms with Crippen LogP contribution in [0.4, 0.5) is 10.1 Å². The van der Waals surface area contributed by atoms with Crippen molar-refractivity contribution in [3.63, 3.8) is 0 Å². The molecule has 1 fully saturated rings. The Morgan fingerprint density at radius 3 is 2.83 bits per heavy atom. The zero-order valence-electron chi connectivity index (χ0n) is 12.9. The van der Waals surface area contributed by atoms with Crippen molar-refractivity contribution in [3.05, 3.63) is 60.2 Å². The number of aromatic nitrogens is 1. The molecule has 3 rings (SSSR count). The fourth-order valence-electron chi connectivity index (χ4n) is 2.73. The molecule has 1 aliphatic heterocycles. The van der Waals surface area contributed by atoms with Gasteiger partial charge in [0.15, 0.2) is 0 Å². The Bertz CT molecular complexity index is 684. The Balaban J connectivity index is 1.91. The Labute approximate surface area is 144 Å². The van der Waals surface area contributed by atoms with Crippen molar-refractivity contribution in [2.45, 2.75) is 12.3 Å². The van der Waals surface area contributed by atoms with E-state index in [9.17, 15) is 9.18 Å². The molecule has 0 bridgehead atoms. The van der Waals surface area contributed by atoms with E-state index >= 15 is 0 Å². The summed E-state index contributed by atoms with van der Waals surface area (Å²) in [6, 6.07) is 9.72. The van der Waals surface area contributed by atoms with Gasteiger partial charge >= 0.3 is 0 Å². The van der Waals surface area contributed by atoms with E-state index in [0.29, 0.717) is 13.2 Å². The molecule has 7 heteroatoms. The van der Waals surface area contributed by atoms with E-state index in [1.807, 2.05) is 6.07 Å². The van der Waals surface area contributed by atoms with Crippen LogP contribution in [0.3, 0.4) is 0 Å². The molecule has 2 heterocycles. The molecule has 0 radical (unpaired) electrons. The quantitative estimate of drug-likeness (QED) is 0.862. The van der Waals surface area contributed by atoms with Gasteiger partial charge in [-0.05, 0) is 29.8 Å². The number of ether oxygens (including phenoxy) is 1. The molecule has 0 saturated carbocycles. The standard InChI is InChI=1S/C17H17ClFN3O2/c18-10-15(23)22-8-9-24-16(12-3-5-13(19)6-4-12)17(22)21-14-2-1-7-20-11-14/h1-7,11,16-17,21H,8-10H2/t16-,17-/m1/s1. The highest BCUT2D eigenvalue weighted by Crippen LogP contribution is 2.30. The predicted molar refractivity (Wildman–Crippen MR) is 89.2 cm³/mol. The SMILES string of the molecule is O=C(CCl)N1CCO[C@H](c2ccc(F)cc2)[C@@H]1Nc1cccnc1. The van der Waals surface area contributed by atoms with E-state index in [2.05, 4.69) is 10.3 Å². The van der Waals surface area contributed by atoms with Crippen LogP contribution in [-0.2, 0) is 9.53 Å². The number of hydrogen-bond acceptors (Lipinski definition) is 4. The Morgan fingerprint density at radius 1 is 1.38 bits per heavy atom. The number of nitrogens with one attached hydrogen (secondary N) is 1. The summed E-state index contributed by atoms with van der Waals surface area (Å²) in [7, 11) is 0. The van der Waals surface area contributed by atoms with Gasteiger partial charge in [-0.2, -0.15) is 0 Å². The lowest BCUT2D eigenvalue weighted by Gasteiger charge is -2.41. The molecule has 1 aromatic carbocycles. The third-order valence-corrected chi connectivity index (χ3v) is 4.09. The Hall–Kier alpha value is -2.18. The first-order valence-electron chi connectivity index (χ1n) is 7.58. The van der Waals surface area contributed by atoms with Gasteiger partial charge in [0.25, 0.3) is 0 Å². The number of carbonyl (C=O) groups is 1. The lowest BCUT2D eigenvalue weighted by Crippen LogP contribution is -2.54. The number of alkyl halides is 1. The average molecular weight is 350 g/mol. The third-order valence-electron chi connectivity index (χ3n) is 3.86. The first-order chi connectivity index (χ1) is 11.7. The second kappa shape index (κ2) is 7.59. The highest BCUT2D eigenvalue weighted by Gasteiger charge is 2.36. The summed E-state index contributed by atoms with van der Waals surface area (Å²) in [5, 5.41) is 3.27. The van der Waals surface area contributed by atoms with E-state index in [1.165, 1.54) is 12.1 Å². The van der Waals surface area contributed by atoms with Gasteiger partial charge in [-0.3, -0.25) is 9.78 Å². The maximum atomic E-state index is 13.2. The van der Waals surface area contributed by atoms with Gasteiger partial charge in [-0.25, -0.2) is 4.39 Å². The van der Waals surface area contributed by atoms with Gasteiger partial charge in [0.2, 0.25) is 5.91 Å². The van der Waals surface area contributed by atoms with Crippen LogP contribution >= 0.6 is 11.6 Å². The number of anilines is 1. The number of carbonyl (C=O) groups excluding carboxylic acids is 1. The van der Waals surface area contributed by atoms with Crippen LogP contribution in [0.1, 0.15) is 11.7 Å². The second-order valence-corrected chi connectivity index (χ2v) is 5.66. The number of rotatable bonds is 4. The molecule has 2 atom stereocenters. The molecule has 1 saturated heterocycles. The van der Waals surface area contributed by atoms with Crippen molar-refractivity contribution < 1.29 is 13.9 Å². The summed E-state index contributed by atoms with van der Waals surface area (Å²) in [4.78, 5) is 17.9. The van der Waals surface area contributed by atoms with Gasteiger partial charge in [-0.15, -0.1) is 11.6 Å². The van der Waals surface area contributed by atoms with Crippen LogP contribution in [0.5, 0.6) is 0 Å². The maximum absolute atomic E-state index is 13.2. The first-order valence-corrected chi connectivity index (χ1v) is 8.11. The smallest absolute Gasteiger partial charge is 0.239 e. The van der Waals surface area contributed by atoms with E-state index in [-0.39, 0.29) is 17.6 Å². The summed E-state index contributed by atoms with van der Waals surface area (Å²) >= 11 is 5.75. The number of benzene rings is 1. The molecule has 5 nitrogen and oxygen atoms in total. The van der Waals surface area contributed by atoms with Gasteiger partial charge in [0.05, 0.1) is 12.3 Å². The van der Waals surface area contributed by atoms with Crippen molar-refractivity contribution in [2.75, 3.05) is 24.3 Å². The van der Waals surface area contributed by atoms with Crippen LogP contribution in [0.25, 0.3) is 0 Å². The third kappa shape index (κ3) is 3.66. The number of pyridine rings is 1. The van der Waals surface area contributed by atoms with E-state index in [1.54, 1.807) is 35.5 Å². The van der Waals surface area contributed by atoms with Crippen LogP contribution in [0.2, 0.25) is 0 Å². The summed E-state index contributed by atoms with van der Waals surface area (Å²) in [5.74, 6) is -0.616. The topological polar surface area (TPSA) is 54.5 Å². The fraction of sp³-hybridized carbons (Fsp3) is 0.294.